The molecule has 0 aromatic carbocycles. The maximum Gasteiger partial charge on any atom is 0.305 e. The molecule has 0 aromatic rings. The highest BCUT2D eigenvalue weighted by molar-refractivity contribution is 5.69. The van der Waals surface area contributed by atoms with Gasteiger partial charge in [-0.1, -0.05) is 45.1 Å². The number of esters is 1. The highest BCUT2D eigenvalue weighted by Crippen LogP contribution is 2.10. The topological polar surface area (TPSA) is 65.0 Å². The first-order valence-corrected chi connectivity index (χ1v) is 11.8. The number of hydrogen-bond donors (Lipinski definition) is 1. The predicted molar refractivity (Wildman–Crippen MR) is 123 cm³/mol. The van der Waals surface area contributed by atoms with E-state index in [9.17, 15) is 9.90 Å². The van der Waals surface area contributed by atoms with Crippen molar-refractivity contribution in [2.75, 3.05) is 19.8 Å². The Kier molecular flexibility index (Phi) is 21.6. The molecule has 0 aliphatic rings. The van der Waals surface area contributed by atoms with Crippen molar-refractivity contribution < 1.29 is 24.1 Å². The fourth-order valence-corrected chi connectivity index (χ4v) is 2.70. The van der Waals surface area contributed by atoms with E-state index in [1.807, 2.05) is 0 Å². The molecule has 175 valence electrons. The third-order valence-electron chi connectivity index (χ3n) is 4.57. The molecule has 1 radical (unpaired) electrons. The SMILES string of the molecule is [CH2]CC(O)CCOC(=O)CCC(OCCCC/C=C\CC)OCCCC/C=C\CC. The molecule has 0 saturated heterocycles. The molecule has 0 spiro atoms. The minimum Gasteiger partial charge on any atom is -0.466 e. The van der Waals surface area contributed by atoms with Crippen LogP contribution in [0.1, 0.15) is 90.9 Å². The number of hydrogen-bond acceptors (Lipinski definition) is 5. The van der Waals surface area contributed by atoms with Gasteiger partial charge in [-0.15, -0.1) is 0 Å². The van der Waals surface area contributed by atoms with Crippen molar-refractivity contribution >= 4 is 5.97 Å². The van der Waals surface area contributed by atoms with Crippen LogP contribution in [0.15, 0.2) is 24.3 Å². The Hall–Kier alpha value is -1.17. The average molecular weight is 426 g/mol. The van der Waals surface area contributed by atoms with Gasteiger partial charge in [0.2, 0.25) is 0 Å². The number of unbranched alkanes of at least 4 members (excludes halogenated alkanes) is 4. The van der Waals surface area contributed by atoms with Crippen LogP contribution in [0.25, 0.3) is 0 Å². The second kappa shape index (κ2) is 22.5. The van der Waals surface area contributed by atoms with E-state index in [1.54, 1.807) is 0 Å². The molecule has 5 heteroatoms. The van der Waals surface area contributed by atoms with E-state index in [1.165, 1.54) is 0 Å². The summed E-state index contributed by atoms with van der Waals surface area (Å²) in [4.78, 5) is 11.9. The zero-order chi connectivity index (χ0) is 22.3. The highest BCUT2D eigenvalue weighted by atomic mass is 16.7. The van der Waals surface area contributed by atoms with E-state index in [0.29, 0.717) is 32.5 Å². The average Bonchev–Trinajstić information content (AvgIpc) is 2.75. The van der Waals surface area contributed by atoms with Gasteiger partial charge < -0.3 is 19.3 Å². The number of aliphatic hydroxyl groups is 1. The van der Waals surface area contributed by atoms with Gasteiger partial charge in [0.05, 0.1) is 19.1 Å². The lowest BCUT2D eigenvalue weighted by Gasteiger charge is -2.18. The van der Waals surface area contributed by atoms with Crippen LogP contribution in [0.3, 0.4) is 0 Å². The lowest BCUT2D eigenvalue weighted by Crippen LogP contribution is -2.21. The van der Waals surface area contributed by atoms with Gasteiger partial charge in [0.25, 0.3) is 0 Å². The second-order valence-corrected chi connectivity index (χ2v) is 7.41. The van der Waals surface area contributed by atoms with Crippen molar-refractivity contribution in [3.8, 4) is 0 Å². The summed E-state index contributed by atoms with van der Waals surface area (Å²) in [5, 5.41) is 9.46. The van der Waals surface area contributed by atoms with Crippen molar-refractivity contribution in [2.45, 2.75) is 103 Å². The van der Waals surface area contributed by atoms with Crippen LogP contribution in [0, 0.1) is 6.92 Å². The molecule has 0 aromatic heterocycles. The van der Waals surface area contributed by atoms with Gasteiger partial charge in [0.1, 0.15) is 0 Å². The van der Waals surface area contributed by atoms with Crippen LogP contribution in [-0.2, 0) is 19.0 Å². The third kappa shape index (κ3) is 20.1. The van der Waals surface area contributed by atoms with E-state index >= 15 is 0 Å². The zero-order valence-electron chi connectivity index (χ0n) is 19.4. The lowest BCUT2D eigenvalue weighted by atomic mass is 10.2. The summed E-state index contributed by atoms with van der Waals surface area (Å²) < 4.78 is 16.9. The van der Waals surface area contributed by atoms with E-state index in [-0.39, 0.29) is 25.3 Å². The monoisotopic (exact) mass is 425 g/mol. The van der Waals surface area contributed by atoms with Crippen LogP contribution >= 0.6 is 0 Å². The van der Waals surface area contributed by atoms with Gasteiger partial charge in [-0.2, -0.15) is 0 Å². The smallest absolute Gasteiger partial charge is 0.305 e. The quantitative estimate of drug-likeness (QED) is 0.107. The van der Waals surface area contributed by atoms with Crippen LogP contribution in [-0.4, -0.2) is 43.3 Å². The fraction of sp³-hybridized carbons (Fsp3) is 0.760. The lowest BCUT2D eigenvalue weighted by molar-refractivity contribution is -0.159. The molecule has 1 unspecified atom stereocenters. The molecule has 0 aliphatic heterocycles. The Bertz CT molecular complexity index is 409. The maximum absolute atomic E-state index is 11.9. The van der Waals surface area contributed by atoms with Crippen LogP contribution < -0.4 is 0 Å². The zero-order valence-corrected chi connectivity index (χ0v) is 19.4. The molecule has 0 saturated carbocycles. The Morgan fingerprint density at radius 3 is 1.93 bits per heavy atom. The largest absolute Gasteiger partial charge is 0.466 e. The summed E-state index contributed by atoms with van der Waals surface area (Å²) in [5.74, 6) is -0.280. The van der Waals surface area contributed by atoms with E-state index in [4.69, 9.17) is 14.2 Å². The van der Waals surface area contributed by atoms with Gasteiger partial charge in [0.15, 0.2) is 6.29 Å². The molecular formula is C25H45O5. The van der Waals surface area contributed by atoms with Crippen LogP contribution in [0.2, 0.25) is 0 Å². The third-order valence-corrected chi connectivity index (χ3v) is 4.57. The summed E-state index contributed by atoms with van der Waals surface area (Å²) in [6.45, 7) is 9.38. The second-order valence-electron chi connectivity index (χ2n) is 7.41. The van der Waals surface area contributed by atoms with Crippen molar-refractivity contribution in [3.05, 3.63) is 31.2 Å². The minimum atomic E-state index is -0.517. The van der Waals surface area contributed by atoms with E-state index in [0.717, 1.165) is 51.4 Å². The molecule has 5 nitrogen and oxygen atoms in total. The minimum absolute atomic E-state index is 0.221. The Labute approximate surface area is 184 Å². The van der Waals surface area contributed by atoms with Gasteiger partial charge in [0, 0.05) is 26.1 Å². The number of allylic oxidation sites excluding steroid dienone is 4. The molecule has 0 fully saturated rings. The summed E-state index contributed by atoms with van der Waals surface area (Å²) in [5.41, 5.74) is 0. The van der Waals surface area contributed by atoms with Gasteiger partial charge in [-0.25, -0.2) is 0 Å². The number of ether oxygens (including phenoxy) is 3. The normalized spacial score (nSPS) is 13.0. The Morgan fingerprint density at radius 2 is 1.43 bits per heavy atom. The molecule has 0 rings (SSSR count). The van der Waals surface area contributed by atoms with Crippen molar-refractivity contribution in [1.82, 2.24) is 0 Å². The number of aliphatic hydroxyl groups excluding tert-OH is 1. The van der Waals surface area contributed by atoms with Crippen molar-refractivity contribution in [3.63, 3.8) is 0 Å². The standard InChI is InChI=1S/C25H45O5/c1-4-7-9-11-13-15-20-29-25(30-21-16-14-12-10-8-5-2)18-17-24(27)28-22-19-23(26)6-3/h7-10,23,25-26H,3-6,11-22H2,1-2H3/b9-7-,10-8-. The molecule has 1 atom stereocenters. The predicted octanol–water partition coefficient (Wildman–Crippen LogP) is 5.92. The first-order chi connectivity index (χ1) is 14.6. The van der Waals surface area contributed by atoms with Crippen LogP contribution in [0.4, 0.5) is 0 Å². The van der Waals surface area contributed by atoms with Crippen LogP contribution in [0.5, 0.6) is 0 Å². The maximum atomic E-state index is 11.9. The fourth-order valence-electron chi connectivity index (χ4n) is 2.70. The van der Waals surface area contributed by atoms with Gasteiger partial charge in [-0.05, 0) is 57.8 Å². The molecular weight excluding hydrogens is 380 g/mol. The first-order valence-electron chi connectivity index (χ1n) is 11.8. The molecule has 0 bridgehead atoms. The number of carbonyl (C=O) groups is 1. The number of rotatable bonds is 21. The molecule has 30 heavy (non-hydrogen) atoms. The van der Waals surface area contributed by atoms with E-state index < -0.39 is 6.10 Å². The molecule has 0 heterocycles. The van der Waals surface area contributed by atoms with E-state index in [2.05, 4.69) is 45.1 Å². The van der Waals surface area contributed by atoms with Crippen molar-refractivity contribution in [1.29, 1.82) is 0 Å². The highest BCUT2D eigenvalue weighted by Gasteiger charge is 2.13. The summed E-state index contributed by atoms with van der Waals surface area (Å²) in [6.07, 6.45) is 17.9. The number of carbonyl (C=O) groups excluding carboxylic acids is 1. The molecule has 0 amide bonds. The molecule has 0 aliphatic carbocycles. The summed E-state index contributed by atoms with van der Waals surface area (Å²) in [6, 6.07) is 0. The molecule has 1 N–H and O–H groups in total. The van der Waals surface area contributed by atoms with Crippen molar-refractivity contribution in [2.24, 2.45) is 0 Å². The van der Waals surface area contributed by atoms with Gasteiger partial charge >= 0.3 is 5.97 Å². The van der Waals surface area contributed by atoms with Gasteiger partial charge in [-0.3, -0.25) is 4.79 Å². The Morgan fingerprint density at radius 1 is 0.867 bits per heavy atom. The summed E-state index contributed by atoms with van der Waals surface area (Å²) >= 11 is 0. The first kappa shape index (κ1) is 28.8. The summed E-state index contributed by atoms with van der Waals surface area (Å²) in [7, 11) is 0. The Balaban J connectivity index is 4.13.